The van der Waals surface area contributed by atoms with Crippen LogP contribution >= 0.6 is 11.8 Å². The van der Waals surface area contributed by atoms with E-state index >= 15 is 0 Å². The molecule has 100 valence electrons. The second kappa shape index (κ2) is 6.59. The number of hydrogen-bond acceptors (Lipinski definition) is 3. The highest BCUT2D eigenvalue weighted by molar-refractivity contribution is 7.98. The van der Waals surface area contributed by atoms with Crippen LogP contribution in [0.3, 0.4) is 0 Å². The number of ether oxygens (including phenoxy) is 1. The third-order valence-electron chi connectivity index (χ3n) is 2.70. The van der Waals surface area contributed by atoms with Crippen LogP contribution in [0.15, 0.2) is 47.4 Å². The number of rotatable bonds is 5. The highest BCUT2D eigenvalue weighted by Gasteiger charge is 2.10. The van der Waals surface area contributed by atoms with Crippen LogP contribution in [-0.4, -0.2) is 13.3 Å². The van der Waals surface area contributed by atoms with Crippen molar-refractivity contribution in [3.63, 3.8) is 0 Å². The maximum absolute atomic E-state index is 13.8. The van der Waals surface area contributed by atoms with Gasteiger partial charge in [0, 0.05) is 17.0 Å². The first kappa shape index (κ1) is 13.9. The van der Waals surface area contributed by atoms with Gasteiger partial charge in [0.1, 0.15) is 5.75 Å². The Morgan fingerprint density at radius 2 is 1.89 bits per heavy atom. The van der Waals surface area contributed by atoms with Gasteiger partial charge in [0.05, 0.1) is 0 Å². The topological polar surface area (TPSA) is 21.3 Å². The van der Waals surface area contributed by atoms with Gasteiger partial charge in [0.2, 0.25) is 0 Å². The first-order chi connectivity index (χ1) is 9.24. The molecule has 0 fully saturated rings. The van der Waals surface area contributed by atoms with E-state index in [2.05, 4.69) is 5.32 Å². The lowest BCUT2D eigenvalue weighted by Gasteiger charge is -2.12. The molecule has 0 atom stereocenters. The Kier molecular flexibility index (Phi) is 4.82. The summed E-state index contributed by atoms with van der Waals surface area (Å²) in [5.74, 6) is 0.579. The van der Waals surface area contributed by atoms with Gasteiger partial charge in [-0.05, 0) is 43.6 Å². The Balaban J connectivity index is 2.26. The van der Waals surface area contributed by atoms with Crippen LogP contribution in [-0.2, 0) is 6.54 Å². The van der Waals surface area contributed by atoms with Crippen LogP contribution in [0.4, 0.5) is 4.39 Å². The van der Waals surface area contributed by atoms with E-state index in [1.807, 2.05) is 43.6 Å². The quantitative estimate of drug-likeness (QED) is 0.833. The molecule has 0 unspecified atom stereocenters. The molecule has 0 aliphatic carbocycles. The molecule has 0 spiro atoms. The van der Waals surface area contributed by atoms with Gasteiger partial charge in [-0.25, -0.2) is 4.39 Å². The van der Waals surface area contributed by atoms with Gasteiger partial charge in [-0.2, -0.15) is 0 Å². The first-order valence-electron chi connectivity index (χ1n) is 5.98. The Morgan fingerprint density at radius 3 is 2.53 bits per heavy atom. The molecule has 0 saturated carbocycles. The smallest absolute Gasteiger partial charge is 0.167 e. The summed E-state index contributed by atoms with van der Waals surface area (Å²) >= 11 is 1.66. The molecule has 0 aliphatic heterocycles. The molecule has 0 amide bonds. The van der Waals surface area contributed by atoms with Crippen LogP contribution in [0.2, 0.25) is 0 Å². The zero-order valence-electron chi connectivity index (χ0n) is 10.9. The van der Waals surface area contributed by atoms with Crippen molar-refractivity contribution in [2.75, 3.05) is 13.3 Å². The van der Waals surface area contributed by atoms with Crippen molar-refractivity contribution >= 4 is 11.8 Å². The second-order valence-electron chi connectivity index (χ2n) is 4.04. The third kappa shape index (κ3) is 3.49. The molecule has 2 aromatic rings. The maximum atomic E-state index is 13.8. The molecule has 0 radical (unpaired) electrons. The van der Waals surface area contributed by atoms with E-state index in [4.69, 9.17) is 4.74 Å². The van der Waals surface area contributed by atoms with Crippen molar-refractivity contribution < 1.29 is 9.13 Å². The van der Waals surface area contributed by atoms with Crippen molar-refractivity contribution in [1.82, 2.24) is 5.32 Å². The molecule has 2 rings (SSSR count). The van der Waals surface area contributed by atoms with Crippen molar-refractivity contribution in [2.45, 2.75) is 11.4 Å². The summed E-state index contributed by atoms with van der Waals surface area (Å²) in [6.07, 6.45) is 2.01. The molecular weight excluding hydrogens is 261 g/mol. The van der Waals surface area contributed by atoms with Crippen LogP contribution in [0.1, 0.15) is 5.56 Å². The fourth-order valence-corrected chi connectivity index (χ4v) is 2.17. The monoisotopic (exact) mass is 277 g/mol. The van der Waals surface area contributed by atoms with E-state index in [0.29, 0.717) is 12.3 Å². The predicted molar refractivity (Wildman–Crippen MR) is 77.5 cm³/mol. The molecule has 2 aromatic carbocycles. The molecule has 4 heteroatoms. The summed E-state index contributed by atoms with van der Waals surface area (Å²) in [5.41, 5.74) is 0.802. The zero-order valence-corrected chi connectivity index (χ0v) is 11.8. The van der Waals surface area contributed by atoms with Gasteiger partial charge >= 0.3 is 0 Å². The zero-order chi connectivity index (χ0) is 13.7. The van der Waals surface area contributed by atoms with Gasteiger partial charge in [-0.1, -0.05) is 12.1 Å². The number of thioether (sulfide) groups is 1. The van der Waals surface area contributed by atoms with Crippen LogP contribution < -0.4 is 10.1 Å². The number of nitrogens with one attached hydrogen (secondary N) is 1. The Labute approximate surface area is 117 Å². The molecule has 0 saturated heterocycles. The Bertz CT molecular complexity index is 542. The van der Waals surface area contributed by atoms with E-state index in [0.717, 1.165) is 10.5 Å². The largest absolute Gasteiger partial charge is 0.454 e. The lowest BCUT2D eigenvalue weighted by Crippen LogP contribution is -2.07. The predicted octanol–water partition coefficient (Wildman–Crippen LogP) is 4.06. The van der Waals surface area contributed by atoms with E-state index in [9.17, 15) is 4.39 Å². The highest BCUT2D eigenvalue weighted by atomic mass is 32.2. The van der Waals surface area contributed by atoms with Crippen molar-refractivity contribution in [2.24, 2.45) is 0 Å². The van der Waals surface area contributed by atoms with E-state index < -0.39 is 0 Å². The van der Waals surface area contributed by atoms with Gasteiger partial charge < -0.3 is 10.1 Å². The van der Waals surface area contributed by atoms with Gasteiger partial charge in [-0.3, -0.25) is 0 Å². The van der Waals surface area contributed by atoms with Crippen LogP contribution in [0.5, 0.6) is 11.5 Å². The fraction of sp³-hybridized carbons (Fsp3) is 0.200. The van der Waals surface area contributed by atoms with Crippen molar-refractivity contribution in [3.8, 4) is 11.5 Å². The number of halogens is 1. The standard InChI is InChI=1S/C15H16FNOS/c1-17-10-11-4-3-5-14(16)15(11)18-12-6-8-13(19-2)9-7-12/h3-9,17H,10H2,1-2H3. The summed E-state index contributed by atoms with van der Waals surface area (Å²) in [6.45, 7) is 0.565. The van der Waals surface area contributed by atoms with E-state index in [-0.39, 0.29) is 11.6 Å². The summed E-state index contributed by atoms with van der Waals surface area (Å²) in [6, 6.07) is 12.6. The van der Waals surface area contributed by atoms with Gasteiger partial charge in [0.25, 0.3) is 0 Å². The van der Waals surface area contributed by atoms with Crippen LogP contribution in [0, 0.1) is 5.82 Å². The lowest BCUT2D eigenvalue weighted by atomic mass is 10.2. The van der Waals surface area contributed by atoms with Crippen molar-refractivity contribution in [1.29, 1.82) is 0 Å². The summed E-state index contributed by atoms with van der Waals surface area (Å²) in [5, 5.41) is 3.01. The maximum Gasteiger partial charge on any atom is 0.167 e. The number of hydrogen-bond donors (Lipinski definition) is 1. The normalized spacial score (nSPS) is 10.5. The fourth-order valence-electron chi connectivity index (χ4n) is 1.76. The van der Waals surface area contributed by atoms with Gasteiger partial charge in [-0.15, -0.1) is 11.8 Å². The van der Waals surface area contributed by atoms with Crippen molar-refractivity contribution in [3.05, 3.63) is 53.8 Å². The first-order valence-corrected chi connectivity index (χ1v) is 7.21. The minimum Gasteiger partial charge on any atom is -0.454 e. The minimum atomic E-state index is -0.346. The summed E-state index contributed by atoms with van der Waals surface area (Å²) < 4.78 is 19.5. The van der Waals surface area contributed by atoms with E-state index in [1.165, 1.54) is 6.07 Å². The average molecular weight is 277 g/mol. The molecule has 0 bridgehead atoms. The van der Waals surface area contributed by atoms with Gasteiger partial charge in [0.15, 0.2) is 11.6 Å². The highest BCUT2D eigenvalue weighted by Crippen LogP contribution is 2.29. The molecule has 19 heavy (non-hydrogen) atoms. The molecule has 0 aromatic heterocycles. The Morgan fingerprint density at radius 1 is 1.16 bits per heavy atom. The lowest BCUT2D eigenvalue weighted by molar-refractivity contribution is 0.434. The third-order valence-corrected chi connectivity index (χ3v) is 3.44. The van der Waals surface area contributed by atoms with Crippen LogP contribution in [0.25, 0.3) is 0 Å². The molecule has 0 aliphatic rings. The summed E-state index contributed by atoms with van der Waals surface area (Å²) in [4.78, 5) is 1.15. The minimum absolute atomic E-state index is 0.286. The second-order valence-corrected chi connectivity index (χ2v) is 4.92. The van der Waals surface area contributed by atoms with E-state index in [1.54, 1.807) is 17.8 Å². The SMILES string of the molecule is CNCc1cccc(F)c1Oc1ccc(SC)cc1. The molecule has 1 N–H and O–H groups in total. The Hall–Kier alpha value is -1.52. The average Bonchev–Trinajstić information content (AvgIpc) is 2.44. The number of para-hydroxylation sites is 1. The number of benzene rings is 2. The summed E-state index contributed by atoms with van der Waals surface area (Å²) in [7, 11) is 1.82. The molecule has 0 heterocycles. The molecule has 2 nitrogen and oxygen atoms in total. The molecular formula is C15H16FNOS.